The molecule has 4 rings (SSSR count). The fourth-order valence-electron chi connectivity index (χ4n) is 2.88. The largest absolute Gasteiger partial charge is 0.381 e. The van der Waals surface area contributed by atoms with E-state index in [1.165, 1.54) is 41.0 Å². The van der Waals surface area contributed by atoms with Gasteiger partial charge in [0.15, 0.2) is 11.6 Å². The molecule has 0 saturated heterocycles. The first-order valence-electron chi connectivity index (χ1n) is 8.91. The lowest BCUT2D eigenvalue weighted by Crippen LogP contribution is -2.35. The zero-order chi connectivity index (χ0) is 22.2. The van der Waals surface area contributed by atoms with Crippen LogP contribution in [-0.2, 0) is 21.3 Å². The third-order valence-electron chi connectivity index (χ3n) is 4.20. The second-order valence-corrected chi connectivity index (χ2v) is 9.68. The van der Waals surface area contributed by atoms with Crippen LogP contribution in [0.2, 0.25) is 5.02 Å². The predicted molar refractivity (Wildman–Crippen MR) is 122 cm³/mol. The normalized spacial score (nSPS) is 17.5. The van der Waals surface area contributed by atoms with E-state index in [1.807, 2.05) is 30.3 Å². The zero-order valence-electron chi connectivity index (χ0n) is 16.1. The highest BCUT2D eigenvalue weighted by atomic mass is 35.5. The molecule has 158 valence electrons. The molecule has 0 aliphatic carbocycles. The number of carbonyl (C=O) groups excluding carboxylic acids is 1. The summed E-state index contributed by atoms with van der Waals surface area (Å²) in [5, 5.41) is 15.3. The maximum atomic E-state index is 12.5. The van der Waals surface area contributed by atoms with E-state index in [2.05, 4.69) is 10.1 Å². The molecular formula is C20H15ClN4O4S2. The highest BCUT2D eigenvalue weighted by molar-refractivity contribution is 8.26. The number of nitrogens with zero attached hydrogens (tertiary/aromatic N) is 3. The van der Waals surface area contributed by atoms with Gasteiger partial charge in [0.25, 0.3) is 5.91 Å². The highest BCUT2D eigenvalue weighted by Gasteiger charge is 2.35. The van der Waals surface area contributed by atoms with Crippen molar-refractivity contribution in [1.29, 1.82) is 5.41 Å². The lowest BCUT2D eigenvalue weighted by Gasteiger charge is -2.20. The Balaban J connectivity index is 1.58. The van der Waals surface area contributed by atoms with Crippen molar-refractivity contribution in [2.24, 2.45) is 10.1 Å². The van der Waals surface area contributed by atoms with E-state index in [1.54, 1.807) is 0 Å². The Labute approximate surface area is 187 Å². The van der Waals surface area contributed by atoms with Crippen molar-refractivity contribution in [3.8, 4) is 5.75 Å². The molecule has 2 aliphatic rings. The third-order valence-corrected chi connectivity index (χ3v) is 5.89. The van der Waals surface area contributed by atoms with E-state index in [-0.39, 0.29) is 22.2 Å². The number of carbonyl (C=O) groups is 1. The molecule has 11 heteroatoms. The molecule has 0 aromatic heterocycles. The van der Waals surface area contributed by atoms with Crippen LogP contribution in [0.25, 0.3) is 6.08 Å². The Kier molecular flexibility index (Phi) is 5.69. The summed E-state index contributed by atoms with van der Waals surface area (Å²) < 4.78 is 27.4. The SMILES string of the molecule is CS(=O)(=O)Oc1ccc(/C=C2/C(=N)N3N=C(Cc4ccccc4)SC3=NC2=O)cc1Cl. The minimum absolute atomic E-state index is 0.0252. The molecule has 0 fully saturated rings. The van der Waals surface area contributed by atoms with Crippen molar-refractivity contribution in [2.75, 3.05) is 6.26 Å². The van der Waals surface area contributed by atoms with Crippen LogP contribution in [0.15, 0.2) is 64.2 Å². The molecule has 8 nitrogen and oxygen atoms in total. The summed E-state index contributed by atoms with van der Waals surface area (Å²) in [5.74, 6) is -0.687. The van der Waals surface area contributed by atoms with Crippen LogP contribution in [0.1, 0.15) is 11.1 Å². The Morgan fingerprint density at radius 2 is 1.97 bits per heavy atom. The summed E-state index contributed by atoms with van der Waals surface area (Å²) in [6, 6.07) is 14.1. The summed E-state index contributed by atoms with van der Waals surface area (Å²) in [5.41, 5.74) is 1.59. The van der Waals surface area contributed by atoms with E-state index >= 15 is 0 Å². The van der Waals surface area contributed by atoms with Crippen LogP contribution in [0.3, 0.4) is 0 Å². The summed E-state index contributed by atoms with van der Waals surface area (Å²) >= 11 is 7.35. The molecule has 0 bridgehead atoms. The highest BCUT2D eigenvalue weighted by Crippen LogP contribution is 2.31. The van der Waals surface area contributed by atoms with E-state index in [4.69, 9.17) is 21.2 Å². The van der Waals surface area contributed by atoms with Crippen molar-refractivity contribution >= 4 is 61.5 Å². The molecule has 2 heterocycles. The van der Waals surface area contributed by atoms with Crippen molar-refractivity contribution < 1.29 is 17.4 Å². The molecule has 31 heavy (non-hydrogen) atoms. The molecule has 2 aromatic carbocycles. The van der Waals surface area contributed by atoms with Crippen LogP contribution in [0.4, 0.5) is 0 Å². The van der Waals surface area contributed by atoms with Crippen LogP contribution in [-0.4, -0.2) is 41.6 Å². The molecular weight excluding hydrogens is 460 g/mol. The van der Waals surface area contributed by atoms with Crippen molar-refractivity contribution in [2.45, 2.75) is 6.42 Å². The Morgan fingerprint density at radius 1 is 1.23 bits per heavy atom. The van der Waals surface area contributed by atoms with Crippen molar-refractivity contribution in [3.63, 3.8) is 0 Å². The molecule has 0 atom stereocenters. The number of fused-ring (bicyclic) bond motifs is 1. The van der Waals surface area contributed by atoms with E-state index in [0.29, 0.717) is 17.2 Å². The quantitative estimate of drug-likeness (QED) is 0.524. The van der Waals surface area contributed by atoms with Crippen molar-refractivity contribution in [1.82, 2.24) is 5.01 Å². The van der Waals surface area contributed by atoms with Crippen LogP contribution < -0.4 is 4.18 Å². The Bertz CT molecular complexity index is 1290. The monoisotopic (exact) mass is 474 g/mol. The number of nitrogens with one attached hydrogen (secondary N) is 1. The minimum atomic E-state index is -3.72. The van der Waals surface area contributed by atoms with Gasteiger partial charge in [-0.3, -0.25) is 10.2 Å². The summed E-state index contributed by atoms with van der Waals surface area (Å²) in [6.45, 7) is 0. The van der Waals surface area contributed by atoms with Crippen LogP contribution in [0.5, 0.6) is 5.75 Å². The first kappa shape index (κ1) is 21.3. The average Bonchev–Trinajstić information content (AvgIpc) is 3.09. The van der Waals surface area contributed by atoms with Gasteiger partial charge in [0.1, 0.15) is 5.04 Å². The summed E-state index contributed by atoms with van der Waals surface area (Å²) in [6.07, 6.45) is 2.94. The van der Waals surface area contributed by atoms with E-state index in [9.17, 15) is 13.2 Å². The molecule has 2 aliphatic heterocycles. The zero-order valence-corrected chi connectivity index (χ0v) is 18.5. The number of halogens is 1. The molecule has 1 N–H and O–H groups in total. The number of hydrogen-bond acceptors (Lipinski definition) is 7. The topological polar surface area (TPSA) is 112 Å². The number of hydrogen-bond donors (Lipinski definition) is 1. The van der Waals surface area contributed by atoms with Crippen LogP contribution in [0, 0.1) is 5.41 Å². The second-order valence-electron chi connectivity index (χ2n) is 6.65. The number of benzene rings is 2. The predicted octanol–water partition coefficient (Wildman–Crippen LogP) is 3.54. The van der Waals surface area contributed by atoms with Gasteiger partial charge in [-0.15, -0.1) is 0 Å². The molecule has 0 unspecified atom stereocenters. The van der Waals surface area contributed by atoms with Gasteiger partial charge in [0, 0.05) is 6.42 Å². The maximum absolute atomic E-state index is 12.5. The Hall–Kier alpha value is -2.95. The van der Waals surface area contributed by atoms with Crippen LogP contribution >= 0.6 is 23.4 Å². The van der Waals surface area contributed by atoms with Gasteiger partial charge in [-0.2, -0.15) is 23.5 Å². The molecule has 0 saturated carbocycles. The van der Waals surface area contributed by atoms with Gasteiger partial charge in [-0.1, -0.05) is 48.0 Å². The number of thioether (sulfide) groups is 1. The standard InChI is InChI=1S/C20H15ClN4O4S2/c1-31(27,28)29-16-8-7-13(10-15(16)21)9-14-18(22)25-20(23-19(14)26)30-17(24-25)11-12-5-3-2-4-6-12/h2-10,22H,11H2,1H3/b14-9-,22-18?. The van der Waals surface area contributed by atoms with E-state index in [0.717, 1.165) is 16.9 Å². The van der Waals surface area contributed by atoms with Crippen molar-refractivity contribution in [3.05, 3.63) is 70.3 Å². The molecule has 2 aromatic rings. The van der Waals surface area contributed by atoms with E-state index < -0.39 is 16.0 Å². The average molecular weight is 475 g/mol. The maximum Gasteiger partial charge on any atom is 0.306 e. The minimum Gasteiger partial charge on any atom is -0.381 e. The third kappa shape index (κ3) is 4.87. The van der Waals surface area contributed by atoms with Gasteiger partial charge < -0.3 is 4.18 Å². The molecule has 0 radical (unpaired) electrons. The first-order valence-corrected chi connectivity index (χ1v) is 11.9. The molecule has 0 spiro atoms. The summed E-state index contributed by atoms with van der Waals surface area (Å²) in [7, 11) is -3.72. The fourth-order valence-corrected chi connectivity index (χ4v) is 4.54. The first-order chi connectivity index (χ1) is 14.7. The van der Waals surface area contributed by atoms with Gasteiger partial charge >= 0.3 is 10.1 Å². The lowest BCUT2D eigenvalue weighted by atomic mass is 10.1. The second kappa shape index (κ2) is 8.29. The number of hydrazone groups is 1. The number of aliphatic imine (C=N–C) groups is 1. The Morgan fingerprint density at radius 3 is 2.65 bits per heavy atom. The van der Waals surface area contributed by atoms with Gasteiger partial charge in [-0.25, -0.2) is 0 Å². The number of rotatable bonds is 5. The molecule has 1 amide bonds. The number of amides is 1. The lowest BCUT2D eigenvalue weighted by molar-refractivity contribution is -0.114. The number of amidine groups is 2. The fraction of sp³-hybridized carbons (Fsp3) is 0.100. The van der Waals surface area contributed by atoms with Gasteiger partial charge in [0.2, 0.25) is 5.17 Å². The summed E-state index contributed by atoms with van der Waals surface area (Å²) in [4.78, 5) is 16.6. The van der Waals surface area contributed by atoms with Gasteiger partial charge in [0.05, 0.1) is 16.9 Å². The van der Waals surface area contributed by atoms with Gasteiger partial charge in [-0.05, 0) is 41.1 Å². The smallest absolute Gasteiger partial charge is 0.306 e.